The number of amides is 2. The number of anilines is 1. The van der Waals surface area contributed by atoms with Crippen molar-refractivity contribution in [3.63, 3.8) is 0 Å². The number of hydrogen-bond acceptors (Lipinski definition) is 5. The highest BCUT2D eigenvalue weighted by molar-refractivity contribution is 6.41. The summed E-state index contributed by atoms with van der Waals surface area (Å²) in [4.78, 5) is 36.7. The number of carbonyl (C=O) groups is 3. The molecule has 7 nitrogen and oxygen atoms in total. The largest absolute Gasteiger partial charge is 0.422 e. The topological polar surface area (TPSA) is 96.9 Å². The molecule has 0 radical (unpaired) electrons. The van der Waals surface area contributed by atoms with Gasteiger partial charge in [0.05, 0.1) is 22.0 Å². The first-order chi connectivity index (χ1) is 15.3. The van der Waals surface area contributed by atoms with E-state index in [-0.39, 0.29) is 5.75 Å². The number of aryl methyl sites for hydroxylation is 1. The number of para-hydroxylation sites is 2. The lowest BCUT2D eigenvalue weighted by atomic mass is 10.1. The summed E-state index contributed by atoms with van der Waals surface area (Å²) < 4.78 is 5.51. The molecule has 0 aliphatic rings. The van der Waals surface area contributed by atoms with E-state index in [9.17, 15) is 14.4 Å². The van der Waals surface area contributed by atoms with Gasteiger partial charge in [-0.2, -0.15) is 5.10 Å². The summed E-state index contributed by atoms with van der Waals surface area (Å²) in [7, 11) is 0. The minimum Gasteiger partial charge on any atom is -0.422 e. The van der Waals surface area contributed by atoms with Crippen LogP contribution in [0.4, 0.5) is 5.69 Å². The quantitative estimate of drug-likeness (QED) is 0.199. The van der Waals surface area contributed by atoms with Gasteiger partial charge in [-0.15, -0.1) is 0 Å². The number of esters is 1. The van der Waals surface area contributed by atoms with Crippen molar-refractivity contribution in [3.8, 4) is 5.75 Å². The first-order valence-corrected chi connectivity index (χ1v) is 10.0. The molecule has 0 unspecified atom stereocenters. The zero-order valence-corrected chi connectivity index (χ0v) is 18.1. The Balaban J connectivity index is 1.69. The van der Waals surface area contributed by atoms with E-state index in [0.717, 1.165) is 5.56 Å². The van der Waals surface area contributed by atoms with Gasteiger partial charge in [0.15, 0.2) is 0 Å². The maximum Gasteiger partial charge on any atom is 0.343 e. The number of nitrogens with zero attached hydrogens (tertiary/aromatic N) is 1. The van der Waals surface area contributed by atoms with E-state index >= 15 is 0 Å². The fourth-order valence-corrected chi connectivity index (χ4v) is 2.87. The molecule has 3 rings (SSSR count). The molecule has 32 heavy (non-hydrogen) atoms. The highest BCUT2D eigenvalue weighted by Gasteiger charge is 2.16. The van der Waals surface area contributed by atoms with Crippen LogP contribution in [0.1, 0.15) is 28.4 Å². The lowest BCUT2D eigenvalue weighted by Crippen LogP contribution is -2.33. The number of carbonyl (C=O) groups excluding carboxylic acids is 3. The molecule has 0 aliphatic carbocycles. The van der Waals surface area contributed by atoms with E-state index in [0.29, 0.717) is 27.5 Å². The SMILES string of the molecule is C/C(=N\NC(=O)C(=O)Nc1ccccc1Cl)c1ccccc1OC(=O)c1ccc(C)cc1. The Kier molecular flexibility index (Phi) is 7.36. The Morgan fingerprint density at radius 2 is 1.53 bits per heavy atom. The molecule has 2 N–H and O–H groups in total. The van der Waals surface area contributed by atoms with Crippen LogP contribution < -0.4 is 15.5 Å². The molecule has 0 aliphatic heterocycles. The molecule has 0 saturated heterocycles. The van der Waals surface area contributed by atoms with Crippen LogP contribution in [-0.4, -0.2) is 23.5 Å². The predicted octanol–water partition coefficient (Wildman–Crippen LogP) is 4.35. The maximum absolute atomic E-state index is 12.5. The molecular weight excluding hydrogens is 430 g/mol. The molecule has 162 valence electrons. The number of benzene rings is 3. The number of hydrazone groups is 1. The smallest absolute Gasteiger partial charge is 0.343 e. The van der Waals surface area contributed by atoms with Crippen molar-refractivity contribution >= 4 is 40.8 Å². The Morgan fingerprint density at radius 3 is 2.25 bits per heavy atom. The first-order valence-electron chi connectivity index (χ1n) is 9.63. The molecule has 0 fully saturated rings. The van der Waals surface area contributed by atoms with Gasteiger partial charge in [-0.25, -0.2) is 10.2 Å². The summed E-state index contributed by atoms with van der Waals surface area (Å²) in [6.45, 7) is 3.54. The predicted molar refractivity (Wildman–Crippen MR) is 123 cm³/mol. The van der Waals surface area contributed by atoms with Gasteiger partial charge in [-0.3, -0.25) is 9.59 Å². The van der Waals surface area contributed by atoms with Crippen LogP contribution in [0.2, 0.25) is 5.02 Å². The molecule has 8 heteroatoms. The average molecular weight is 450 g/mol. The summed E-state index contributed by atoms with van der Waals surface area (Å²) in [5, 5.41) is 6.68. The van der Waals surface area contributed by atoms with Crippen molar-refractivity contribution in [2.45, 2.75) is 13.8 Å². The second-order valence-corrected chi connectivity index (χ2v) is 7.23. The molecule has 0 saturated carbocycles. The average Bonchev–Trinajstić information content (AvgIpc) is 2.79. The van der Waals surface area contributed by atoms with Crippen LogP contribution in [0, 0.1) is 6.92 Å². The molecule has 2 amide bonds. The number of hydrogen-bond donors (Lipinski definition) is 2. The van der Waals surface area contributed by atoms with Gasteiger partial charge in [0.2, 0.25) is 0 Å². The number of ether oxygens (including phenoxy) is 1. The van der Waals surface area contributed by atoms with Crippen LogP contribution in [0.3, 0.4) is 0 Å². The standard InChI is InChI=1S/C24H20ClN3O4/c1-15-11-13-17(14-12-15)24(31)32-21-10-6-3-7-18(21)16(2)27-28-23(30)22(29)26-20-9-5-4-8-19(20)25/h3-14H,1-2H3,(H,26,29)(H,28,30)/b27-16+. The zero-order valence-electron chi connectivity index (χ0n) is 17.4. The number of nitrogens with one attached hydrogen (secondary N) is 2. The van der Waals surface area contributed by atoms with Gasteiger partial charge in [0.25, 0.3) is 0 Å². The van der Waals surface area contributed by atoms with Gasteiger partial charge >= 0.3 is 17.8 Å². The molecule has 0 spiro atoms. The van der Waals surface area contributed by atoms with Crippen molar-refractivity contribution < 1.29 is 19.1 Å². The summed E-state index contributed by atoms with van der Waals surface area (Å²) >= 11 is 5.98. The Labute approximate surface area is 190 Å². The minimum absolute atomic E-state index is 0.272. The summed E-state index contributed by atoms with van der Waals surface area (Å²) in [5.41, 5.74) is 4.76. The third-order valence-corrected chi connectivity index (χ3v) is 4.75. The Hall–Kier alpha value is -3.97. The minimum atomic E-state index is -0.974. The fraction of sp³-hybridized carbons (Fsp3) is 0.0833. The molecule has 0 atom stereocenters. The summed E-state index contributed by atoms with van der Waals surface area (Å²) in [6, 6.07) is 20.3. The Bertz CT molecular complexity index is 1190. The molecule has 0 heterocycles. The van der Waals surface area contributed by atoms with Crippen molar-refractivity contribution in [3.05, 3.63) is 94.5 Å². The van der Waals surface area contributed by atoms with Crippen LogP contribution in [-0.2, 0) is 9.59 Å². The molecular formula is C24H20ClN3O4. The van der Waals surface area contributed by atoms with E-state index in [1.807, 2.05) is 19.1 Å². The van der Waals surface area contributed by atoms with Crippen LogP contribution in [0.5, 0.6) is 5.75 Å². The second kappa shape index (κ2) is 10.4. The lowest BCUT2D eigenvalue weighted by Gasteiger charge is -2.10. The van der Waals surface area contributed by atoms with Crippen molar-refractivity contribution in [1.82, 2.24) is 5.43 Å². The number of halogens is 1. The van der Waals surface area contributed by atoms with Crippen LogP contribution >= 0.6 is 11.6 Å². The first kappa shape index (κ1) is 22.7. The van der Waals surface area contributed by atoms with Gasteiger partial charge < -0.3 is 10.1 Å². The van der Waals surface area contributed by atoms with E-state index in [1.165, 1.54) is 0 Å². The van der Waals surface area contributed by atoms with Crippen LogP contribution in [0.15, 0.2) is 77.9 Å². The highest BCUT2D eigenvalue weighted by Crippen LogP contribution is 2.21. The molecule has 0 bridgehead atoms. The summed E-state index contributed by atoms with van der Waals surface area (Å²) in [5.74, 6) is -2.14. The third-order valence-electron chi connectivity index (χ3n) is 4.42. The van der Waals surface area contributed by atoms with Gasteiger partial charge in [-0.05, 0) is 50.2 Å². The second-order valence-electron chi connectivity index (χ2n) is 6.82. The van der Waals surface area contributed by atoms with Gasteiger partial charge in [0, 0.05) is 5.56 Å². The third kappa shape index (κ3) is 5.80. The molecule has 3 aromatic rings. The monoisotopic (exact) mass is 449 g/mol. The van der Waals surface area contributed by atoms with Gasteiger partial charge in [0.1, 0.15) is 5.75 Å². The summed E-state index contributed by atoms with van der Waals surface area (Å²) in [6.07, 6.45) is 0. The Morgan fingerprint density at radius 1 is 0.875 bits per heavy atom. The van der Waals surface area contributed by atoms with E-state index in [2.05, 4.69) is 15.8 Å². The highest BCUT2D eigenvalue weighted by atomic mass is 35.5. The van der Waals surface area contributed by atoms with Crippen molar-refractivity contribution in [1.29, 1.82) is 0 Å². The lowest BCUT2D eigenvalue weighted by molar-refractivity contribution is -0.136. The van der Waals surface area contributed by atoms with E-state index in [1.54, 1.807) is 67.6 Å². The number of rotatable bonds is 5. The van der Waals surface area contributed by atoms with Crippen molar-refractivity contribution in [2.24, 2.45) is 5.10 Å². The normalized spacial score (nSPS) is 10.9. The molecule has 0 aromatic heterocycles. The zero-order chi connectivity index (χ0) is 23.1. The van der Waals surface area contributed by atoms with E-state index in [4.69, 9.17) is 16.3 Å². The maximum atomic E-state index is 12.5. The fourth-order valence-electron chi connectivity index (χ4n) is 2.69. The van der Waals surface area contributed by atoms with Crippen LogP contribution in [0.25, 0.3) is 0 Å². The van der Waals surface area contributed by atoms with E-state index < -0.39 is 17.8 Å². The van der Waals surface area contributed by atoms with Gasteiger partial charge in [-0.1, -0.05) is 53.6 Å². The molecule has 3 aromatic carbocycles. The van der Waals surface area contributed by atoms with Crippen molar-refractivity contribution in [2.75, 3.05) is 5.32 Å².